The second-order valence-electron chi connectivity index (χ2n) is 10.5. The number of carbonyl (C=O) groups is 2. The molecular formula is C30H36BrN3O4S. The van der Waals surface area contributed by atoms with Crippen LogP contribution in [0.25, 0.3) is 0 Å². The van der Waals surface area contributed by atoms with E-state index in [1.807, 2.05) is 58.9 Å². The van der Waals surface area contributed by atoms with Crippen molar-refractivity contribution in [3.05, 3.63) is 94.5 Å². The SMILES string of the molecule is CC[C@H](C(=O)NC(C)(C)C)N(Cc1cccc(C)c1)C(=O)CN(c1cccc(Br)c1)S(=O)(=O)c1ccccc1. The zero-order valence-corrected chi connectivity index (χ0v) is 25.4. The maximum Gasteiger partial charge on any atom is 0.264 e. The van der Waals surface area contributed by atoms with Crippen LogP contribution in [0.5, 0.6) is 0 Å². The topological polar surface area (TPSA) is 86.8 Å². The van der Waals surface area contributed by atoms with E-state index in [9.17, 15) is 18.0 Å². The molecule has 0 spiro atoms. The Kier molecular flexibility index (Phi) is 9.96. The molecule has 208 valence electrons. The van der Waals surface area contributed by atoms with E-state index in [-0.39, 0.29) is 17.3 Å². The molecule has 0 unspecified atom stereocenters. The molecular weight excluding hydrogens is 578 g/mol. The second kappa shape index (κ2) is 12.8. The Morgan fingerprint density at radius 3 is 2.21 bits per heavy atom. The monoisotopic (exact) mass is 613 g/mol. The van der Waals surface area contributed by atoms with Crippen molar-refractivity contribution in [2.45, 2.75) is 64.1 Å². The number of hydrogen-bond donors (Lipinski definition) is 1. The molecule has 9 heteroatoms. The molecule has 0 bridgehead atoms. The first-order valence-electron chi connectivity index (χ1n) is 12.8. The molecule has 0 aliphatic carbocycles. The van der Waals surface area contributed by atoms with Crippen molar-refractivity contribution in [2.75, 3.05) is 10.8 Å². The summed E-state index contributed by atoms with van der Waals surface area (Å²) >= 11 is 3.41. The third kappa shape index (κ3) is 8.16. The van der Waals surface area contributed by atoms with Crippen LogP contribution in [-0.4, -0.2) is 43.3 Å². The largest absolute Gasteiger partial charge is 0.350 e. The molecule has 0 aliphatic heterocycles. The molecule has 0 saturated carbocycles. The lowest BCUT2D eigenvalue weighted by Gasteiger charge is -2.35. The Balaban J connectivity index is 2.07. The minimum Gasteiger partial charge on any atom is -0.350 e. The molecule has 1 atom stereocenters. The van der Waals surface area contributed by atoms with Crippen LogP contribution >= 0.6 is 15.9 Å². The summed E-state index contributed by atoms with van der Waals surface area (Å²) in [7, 11) is -4.10. The van der Waals surface area contributed by atoms with E-state index in [0.717, 1.165) is 15.4 Å². The average Bonchev–Trinajstić information content (AvgIpc) is 2.86. The highest BCUT2D eigenvalue weighted by Gasteiger charge is 2.34. The van der Waals surface area contributed by atoms with E-state index in [2.05, 4.69) is 21.2 Å². The molecule has 0 aliphatic rings. The molecule has 39 heavy (non-hydrogen) atoms. The lowest BCUT2D eigenvalue weighted by atomic mass is 10.0. The molecule has 0 aromatic heterocycles. The number of rotatable bonds is 10. The van der Waals surface area contributed by atoms with Gasteiger partial charge in [-0.25, -0.2) is 8.42 Å². The van der Waals surface area contributed by atoms with Crippen molar-refractivity contribution >= 4 is 43.5 Å². The van der Waals surface area contributed by atoms with Crippen molar-refractivity contribution in [2.24, 2.45) is 0 Å². The zero-order valence-electron chi connectivity index (χ0n) is 23.0. The highest BCUT2D eigenvalue weighted by atomic mass is 79.9. The van der Waals surface area contributed by atoms with Gasteiger partial charge in [0.05, 0.1) is 10.6 Å². The Hall–Kier alpha value is -3.17. The van der Waals surface area contributed by atoms with Gasteiger partial charge in [0.25, 0.3) is 10.0 Å². The van der Waals surface area contributed by atoms with Gasteiger partial charge in [-0.15, -0.1) is 0 Å². The fourth-order valence-corrected chi connectivity index (χ4v) is 6.07. The minimum absolute atomic E-state index is 0.0699. The van der Waals surface area contributed by atoms with Crippen LogP contribution < -0.4 is 9.62 Å². The normalized spacial score (nSPS) is 12.5. The fraction of sp³-hybridized carbons (Fsp3) is 0.333. The summed E-state index contributed by atoms with van der Waals surface area (Å²) in [5.74, 6) is -0.766. The van der Waals surface area contributed by atoms with E-state index in [1.165, 1.54) is 17.0 Å². The molecule has 2 amide bonds. The average molecular weight is 615 g/mol. The van der Waals surface area contributed by atoms with Crippen LogP contribution in [0.1, 0.15) is 45.2 Å². The number of carbonyl (C=O) groups excluding carboxylic acids is 2. The number of nitrogens with one attached hydrogen (secondary N) is 1. The van der Waals surface area contributed by atoms with Crippen LogP contribution in [-0.2, 0) is 26.2 Å². The first kappa shape index (κ1) is 30.4. The van der Waals surface area contributed by atoms with Crippen LogP contribution in [0, 0.1) is 6.92 Å². The molecule has 0 saturated heterocycles. The predicted molar refractivity (Wildman–Crippen MR) is 159 cm³/mol. The predicted octanol–water partition coefficient (Wildman–Crippen LogP) is 5.67. The number of anilines is 1. The first-order valence-corrected chi connectivity index (χ1v) is 15.1. The molecule has 3 aromatic carbocycles. The van der Waals surface area contributed by atoms with Crippen molar-refractivity contribution < 1.29 is 18.0 Å². The van der Waals surface area contributed by atoms with Crippen molar-refractivity contribution in [3.8, 4) is 0 Å². The summed E-state index contributed by atoms with van der Waals surface area (Å²) in [5.41, 5.74) is 1.71. The lowest BCUT2D eigenvalue weighted by molar-refractivity contribution is -0.141. The molecule has 3 rings (SSSR count). The highest BCUT2D eigenvalue weighted by molar-refractivity contribution is 9.10. The number of sulfonamides is 1. The summed E-state index contributed by atoms with van der Waals surface area (Å²) in [6.45, 7) is 9.13. The van der Waals surface area contributed by atoms with Crippen LogP contribution in [0.3, 0.4) is 0 Å². The maximum absolute atomic E-state index is 14.1. The maximum atomic E-state index is 14.1. The number of halogens is 1. The Morgan fingerprint density at radius 2 is 1.62 bits per heavy atom. The number of nitrogens with zero attached hydrogens (tertiary/aromatic N) is 2. The van der Waals surface area contributed by atoms with Gasteiger partial charge in [0.1, 0.15) is 12.6 Å². The van der Waals surface area contributed by atoms with Gasteiger partial charge in [0.2, 0.25) is 11.8 Å². The van der Waals surface area contributed by atoms with E-state index in [0.29, 0.717) is 16.6 Å². The minimum atomic E-state index is -4.10. The summed E-state index contributed by atoms with van der Waals surface area (Å²) < 4.78 is 29.4. The first-order chi connectivity index (χ1) is 18.3. The van der Waals surface area contributed by atoms with Crippen molar-refractivity contribution in [3.63, 3.8) is 0 Å². The van der Waals surface area contributed by atoms with Gasteiger partial charge < -0.3 is 10.2 Å². The molecule has 0 heterocycles. The number of aryl methyl sites for hydroxylation is 1. The Morgan fingerprint density at radius 1 is 0.949 bits per heavy atom. The molecule has 3 aromatic rings. The van der Waals surface area contributed by atoms with E-state index >= 15 is 0 Å². The van der Waals surface area contributed by atoms with Gasteiger partial charge in [-0.2, -0.15) is 0 Å². The number of amides is 2. The van der Waals surface area contributed by atoms with E-state index in [1.54, 1.807) is 42.5 Å². The lowest BCUT2D eigenvalue weighted by Crippen LogP contribution is -2.55. The summed E-state index contributed by atoms with van der Waals surface area (Å²) in [4.78, 5) is 29.0. The summed E-state index contributed by atoms with van der Waals surface area (Å²) in [5, 5.41) is 2.98. The highest BCUT2D eigenvalue weighted by Crippen LogP contribution is 2.27. The standard InChI is InChI=1S/C30H36BrN3O4S/c1-6-27(29(36)32-30(3,4)5)33(20-23-13-10-12-22(2)18-23)28(35)21-34(25-15-11-14-24(31)19-25)39(37,38)26-16-8-7-9-17-26/h7-19,27H,6,20-21H2,1-5H3,(H,32,36)/t27-/m1/s1. The van der Waals surface area contributed by atoms with E-state index < -0.39 is 34.1 Å². The third-order valence-corrected chi connectivity index (χ3v) is 8.31. The molecule has 1 N–H and O–H groups in total. The van der Waals surface area contributed by atoms with Crippen LogP contribution in [0.15, 0.2) is 88.2 Å². The fourth-order valence-electron chi connectivity index (χ4n) is 4.26. The summed E-state index contributed by atoms with van der Waals surface area (Å²) in [6.07, 6.45) is 0.363. The van der Waals surface area contributed by atoms with Crippen LogP contribution in [0.2, 0.25) is 0 Å². The van der Waals surface area contributed by atoms with Crippen molar-refractivity contribution in [1.82, 2.24) is 10.2 Å². The third-order valence-electron chi connectivity index (χ3n) is 6.03. The molecule has 0 radical (unpaired) electrons. The smallest absolute Gasteiger partial charge is 0.264 e. The van der Waals surface area contributed by atoms with Gasteiger partial charge in [0.15, 0.2) is 0 Å². The Bertz CT molecular complexity index is 1400. The van der Waals surface area contributed by atoms with Gasteiger partial charge in [0, 0.05) is 16.6 Å². The van der Waals surface area contributed by atoms with Gasteiger partial charge in [-0.05, 0) is 70.0 Å². The molecule has 0 fully saturated rings. The quantitative estimate of drug-likeness (QED) is 0.319. The van der Waals surface area contributed by atoms with Gasteiger partial charge in [-0.3, -0.25) is 13.9 Å². The van der Waals surface area contributed by atoms with E-state index in [4.69, 9.17) is 0 Å². The number of benzene rings is 3. The van der Waals surface area contributed by atoms with Crippen molar-refractivity contribution in [1.29, 1.82) is 0 Å². The number of hydrogen-bond acceptors (Lipinski definition) is 4. The van der Waals surface area contributed by atoms with Gasteiger partial charge >= 0.3 is 0 Å². The second-order valence-corrected chi connectivity index (χ2v) is 13.3. The van der Waals surface area contributed by atoms with Gasteiger partial charge in [-0.1, -0.05) is 76.9 Å². The van der Waals surface area contributed by atoms with Crippen LogP contribution in [0.4, 0.5) is 5.69 Å². The molecule has 7 nitrogen and oxygen atoms in total. The Labute approximate surface area is 240 Å². The zero-order chi connectivity index (χ0) is 28.8. The summed E-state index contributed by atoms with van der Waals surface area (Å²) in [6, 6.07) is 21.7.